The highest BCUT2D eigenvalue weighted by molar-refractivity contribution is 5.69. The number of aliphatic hydroxyl groups excluding tert-OH is 1. The Kier molecular flexibility index (Phi) is 7.83. The molecule has 118 valence electrons. The average Bonchev–Trinajstić information content (AvgIpc) is 2.45. The Hall–Kier alpha value is -1.55. The molecule has 0 radical (unpaired) electrons. The van der Waals surface area contributed by atoms with Gasteiger partial charge < -0.3 is 14.6 Å². The van der Waals surface area contributed by atoms with Crippen LogP contribution in [0.2, 0.25) is 0 Å². The lowest BCUT2D eigenvalue weighted by atomic mass is 10.0. The summed E-state index contributed by atoms with van der Waals surface area (Å²) >= 11 is 0. The lowest BCUT2D eigenvalue weighted by molar-refractivity contribution is -0.143. The highest BCUT2D eigenvalue weighted by Gasteiger charge is 2.07. The van der Waals surface area contributed by atoms with Crippen molar-refractivity contribution >= 4 is 5.97 Å². The van der Waals surface area contributed by atoms with Gasteiger partial charge in [-0.2, -0.15) is 0 Å². The normalized spacial score (nSPS) is 12.0. The van der Waals surface area contributed by atoms with Crippen LogP contribution < -0.4 is 4.74 Å². The van der Waals surface area contributed by atoms with E-state index in [2.05, 4.69) is 6.92 Å². The lowest BCUT2D eigenvalue weighted by Gasteiger charge is -2.12. The average molecular weight is 294 g/mol. The van der Waals surface area contributed by atoms with Crippen molar-refractivity contribution in [3.63, 3.8) is 0 Å². The molecule has 0 fully saturated rings. The van der Waals surface area contributed by atoms with Gasteiger partial charge in [-0.15, -0.1) is 0 Å². The Morgan fingerprint density at radius 1 is 1.29 bits per heavy atom. The van der Waals surface area contributed by atoms with Gasteiger partial charge in [-0.25, -0.2) is 0 Å². The van der Waals surface area contributed by atoms with Gasteiger partial charge in [-0.05, 0) is 49.9 Å². The van der Waals surface area contributed by atoms with Gasteiger partial charge in [-0.1, -0.05) is 13.0 Å². The molecule has 1 unspecified atom stereocenters. The predicted octanol–water partition coefficient (Wildman–Crippen LogP) is 2.89. The van der Waals surface area contributed by atoms with Crippen molar-refractivity contribution in [1.29, 1.82) is 0 Å². The van der Waals surface area contributed by atoms with E-state index in [0.717, 1.165) is 17.7 Å². The van der Waals surface area contributed by atoms with Gasteiger partial charge in [0.15, 0.2) is 0 Å². The molecule has 0 bridgehead atoms. The Morgan fingerprint density at radius 2 is 2.05 bits per heavy atom. The second-order valence-corrected chi connectivity index (χ2v) is 5.08. The first-order valence-electron chi connectivity index (χ1n) is 7.65. The fraction of sp³-hybridized carbons (Fsp3) is 0.588. The molecular weight excluding hydrogens is 268 g/mol. The summed E-state index contributed by atoms with van der Waals surface area (Å²) in [6.45, 7) is 6.58. The zero-order chi connectivity index (χ0) is 15.7. The van der Waals surface area contributed by atoms with Gasteiger partial charge in [0.05, 0.1) is 19.3 Å². The van der Waals surface area contributed by atoms with Crippen molar-refractivity contribution in [3.8, 4) is 5.75 Å². The molecule has 0 amide bonds. The Balaban J connectivity index is 2.59. The smallest absolute Gasteiger partial charge is 0.306 e. The first kappa shape index (κ1) is 17.5. The minimum absolute atomic E-state index is 0.156. The number of benzene rings is 1. The van der Waals surface area contributed by atoms with Crippen molar-refractivity contribution in [2.24, 2.45) is 0 Å². The minimum atomic E-state index is -0.348. The Morgan fingerprint density at radius 3 is 2.67 bits per heavy atom. The summed E-state index contributed by atoms with van der Waals surface area (Å²) in [5.41, 5.74) is 2.35. The van der Waals surface area contributed by atoms with Gasteiger partial charge in [0, 0.05) is 12.8 Å². The van der Waals surface area contributed by atoms with Crippen molar-refractivity contribution in [1.82, 2.24) is 0 Å². The number of rotatable bonds is 9. The van der Waals surface area contributed by atoms with E-state index in [1.165, 1.54) is 5.56 Å². The van der Waals surface area contributed by atoms with Gasteiger partial charge >= 0.3 is 5.97 Å². The number of ether oxygens (including phenoxy) is 2. The molecule has 1 aromatic carbocycles. The molecule has 0 heterocycles. The zero-order valence-electron chi connectivity index (χ0n) is 13.2. The third-order valence-electron chi connectivity index (χ3n) is 3.27. The number of hydrogen-bond donors (Lipinski definition) is 1. The largest absolute Gasteiger partial charge is 0.493 e. The van der Waals surface area contributed by atoms with Crippen LogP contribution in [0.4, 0.5) is 0 Å². The lowest BCUT2D eigenvalue weighted by Crippen LogP contribution is -2.08. The summed E-state index contributed by atoms with van der Waals surface area (Å²) in [4.78, 5) is 11.4. The molecule has 0 spiro atoms. The first-order chi connectivity index (χ1) is 10.1. The number of carbonyl (C=O) groups is 1. The van der Waals surface area contributed by atoms with Crippen LogP contribution >= 0.6 is 0 Å². The van der Waals surface area contributed by atoms with E-state index in [9.17, 15) is 9.90 Å². The van der Waals surface area contributed by atoms with Gasteiger partial charge in [-0.3, -0.25) is 4.79 Å². The summed E-state index contributed by atoms with van der Waals surface area (Å²) in [7, 11) is 0. The van der Waals surface area contributed by atoms with Crippen LogP contribution in [0.1, 0.15) is 44.7 Å². The molecule has 1 rings (SSSR count). The molecule has 0 aliphatic carbocycles. The maximum atomic E-state index is 11.4. The number of aliphatic hydroxyl groups is 1. The van der Waals surface area contributed by atoms with E-state index in [1.54, 1.807) is 6.92 Å². The standard InChI is InChI=1S/C17H26O4/c1-4-14-12-16(21-11-10-13(3)18)8-6-15(14)7-9-17(19)20-5-2/h6,8,12-13,18H,4-5,7,9-11H2,1-3H3. The second-order valence-electron chi connectivity index (χ2n) is 5.08. The summed E-state index contributed by atoms with van der Waals surface area (Å²) in [5, 5.41) is 9.22. The van der Waals surface area contributed by atoms with Gasteiger partial charge in [0.1, 0.15) is 5.75 Å². The number of carbonyl (C=O) groups excluding carboxylic acids is 1. The molecule has 1 N–H and O–H groups in total. The molecule has 1 aromatic rings. The summed E-state index contributed by atoms with van der Waals surface area (Å²) in [5.74, 6) is 0.657. The monoisotopic (exact) mass is 294 g/mol. The third kappa shape index (κ3) is 6.63. The SMILES string of the molecule is CCOC(=O)CCc1ccc(OCCC(C)O)cc1CC. The van der Waals surface area contributed by atoms with Crippen LogP contribution in [-0.4, -0.2) is 30.4 Å². The highest BCUT2D eigenvalue weighted by Crippen LogP contribution is 2.20. The van der Waals surface area contributed by atoms with Crippen LogP contribution in [0.15, 0.2) is 18.2 Å². The van der Waals surface area contributed by atoms with E-state index >= 15 is 0 Å². The summed E-state index contributed by atoms with van der Waals surface area (Å²) in [6.07, 6.45) is 2.26. The van der Waals surface area contributed by atoms with Crippen molar-refractivity contribution in [3.05, 3.63) is 29.3 Å². The Bertz CT molecular complexity index is 440. The van der Waals surface area contributed by atoms with Crippen LogP contribution in [-0.2, 0) is 22.4 Å². The number of hydrogen-bond acceptors (Lipinski definition) is 4. The minimum Gasteiger partial charge on any atom is -0.493 e. The van der Waals surface area contributed by atoms with E-state index in [1.807, 2.05) is 25.1 Å². The van der Waals surface area contributed by atoms with Gasteiger partial charge in [0.2, 0.25) is 0 Å². The number of esters is 1. The van der Waals surface area contributed by atoms with E-state index in [0.29, 0.717) is 32.5 Å². The maximum absolute atomic E-state index is 11.4. The molecular formula is C17H26O4. The topological polar surface area (TPSA) is 55.8 Å². The molecule has 4 nitrogen and oxygen atoms in total. The van der Waals surface area contributed by atoms with Crippen LogP contribution in [0.5, 0.6) is 5.75 Å². The van der Waals surface area contributed by atoms with Crippen LogP contribution in [0.3, 0.4) is 0 Å². The zero-order valence-corrected chi connectivity index (χ0v) is 13.2. The van der Waals surface area contributed by atoms with E-state index < -0.39 is 0 Å². The van der Waals surface area contributed by atoms with Crippen LogP contribution in [0.25, 0.3) is 0 Å². The second kappa shape index (κ2) is 9.40. The van der Waals surface area contributed by atoms with Crippen LogP contribution in [0, 0.1) is 0 Å². The molecule has 0 aliphatic heterocycles. The summed E-state index contributed by atoms with van der Waals surface area (Å²) < 4.78 is 10.6. The molecule has 1 atom stereocenters. The van der Waals surface area contributed by atoms with Crippen molar-refractivity contribution in [2.45, 2.75) is 52.6 Å². The molecule has 0 saturated heterocycles. The van der Waals surface area contributed by atoms with E-state index in [-0.39, 0.29) is 12.1 Å². The fourth-order valence-electron chi connectivity index (χ4n) is 2.08. The molecule has 0 aliphatic rings. The molecule has 21 heavy (non-hydrogen) atoms. The third-order valence-corrected chi connectivity index (χ3v) is 3.27. The fourth-order valence-corrected chi connectivity index (χ4v) is 2.08. The summed E-state index contributed by atoms with van der Waals surface area (Å²) in [6, 6.07) is 5.94. The van der Waals surface area contributed by atoms with E-state index in [4.69, 9.17) is 9.47 Å². The molecule has 0 aromatic heterocycles. The number of aryl methyl sites for hydroxylation is 2. The van der Waals surface area contributed by atoms with Gasteiger partial charge in [0.25, 0.3) is 0 Å². The molecule has 4 heteroatoms. The molecule has 0 saturated carbocycles. The Labute approximate surface area is 127 Å². The van der Waals surface area contributed by atoms with Crippen molar-refractivity contribution in [2.75, 3.05) is 13.2 Å². The highest BCUT2D eigenvalue weighted by atomic mass is 16.5. The first-order valence-corrected chi connectivity index (χ1v) is 7.65. The maximum Gasteiger partial charge on any atom is 0.306 e. The predicted molar refractivity (Wildman–Crippen MR) is 82.6 cm³/mol. The quantitative estimate of drug-likeness (QED) is 0.712. The van der Waals surface area contributed by atoms with Crippen molar-refractivity contribution < 1.29 is 19.4 Å².